The van der Waals surface area contributed by atoms with E-state index in [-0.39, 0.29) is 18.6 Å². The van der Waals surface area contributed by atoms with Gasteiger partial charge in [-0.25, -0.2) is 0 Å². The predicted molar refractivity (Wildman–Crippen MR) is 76.0 cm³/mol. The van der Waals surface area contributed by atoms with E-state index < -0.39 is 0 Å². The lowest BCUT2D eigenvalue weighted by atomic mass is 10.2. The molecule has 2 N–H and O–H groups in total. The molecule has 102 valence electrons. The van der Waals surface area contributed by atoms with Gasteiger partial charge in [0.05, 0.1) is 18.4 Å². The van der Waals surface area contributed by atoms with Gasteiger partial charge in [0.1, 0.15) is 0 Å². The van der Waals surface area contributed by atoms with E-state index in [1.54, 1.807) is 30.2 Å². The zero-order valence-corrected chi connectivity index (χ0v) is 12.1. The van der Waals surface area contributed by atoms with Crippen molar-refractivity contribution in [3.05, 3.63) is 22.4 Å². The van der Waals surface area contributed by atoms with Crippen LogP contribution in [0.5, 0.6) is 0 Å². The minimum Gasteiger partial charge on any atom is -0.394 e. The molecule has 0 fully saturated rings. The van der Waals surface area contributed by atoms with E-state index in [4.69, 9.17) is 9.84 Å². The Bertz CT molecular complexity index is 330. The molecule has 1 heterocycles. The van der Waals surface area contributed by atoms with Crippen molar-refractivity contribution in [1.29, 1.82) is 0 Å². The van der Waals surface area contributed by atoms with Crippen molar-refractivity contribution in [3.8, 4) is 0 Å². The summed E-state index contributed by atoms with van der Waals surface area (Å²) in [5.74, 6) is 1.24. The van der Waals surface area contributed by atoms with Gasteiger partial charge < -0.3 is 15.2 Å². The first-order chi connectivity index (χ1) is 8.76. The Labute approximate surface area is 116 Å². The van der Waals surface area contributed by atoms with Crippen LogP contribution in [-0.4, -0.2) is 43.1 Å². The van der Waals surface area contributed by atoms with Gasteiger partial charge in [0.2, 0.25) is 5.91 Å². The second-order valence-corrected chi connectivity index (χ2v) is 5.82. The number of thioether (sulfide) groups is 1. The average Bonchev–Trinajstić information content (AvgIpc) is 2.87. The number of aliphatic hydroxyl groups is 1. The van der Waals surface area contributed by atoms with Gasteiger partial charge in [0.15, 0.2) is 0 Å². The van der Waals surface area contributed by atoms with Crippen LogP contribution in [0.4, 0.5) is 0 Å². The smallest absolute Gasteiger partial charge is 0.230 e. The van der Waals surface area contributed by atoms with Gasteiger partial charge in [-0.05, 0) is 17.9 Å². The predicted octanol–water partition coefficient (Wildman–Crippen LogP) is 1.49. The largest absolute Gasteiger partial charge is 0.394 e. The van der Waals surface area contributed by atoms with Gasteiger partial charge in [-0.15, -0.1) is 23.1 Å². The second-order valence-electron chi connectivity index (χ2n) is 3.80. The molecule has 0 saturated carbocycles. The monoisotopic (exact) mass is 289 g/mol. The Balaban J connectivity index is 2.15. The first kappa shape index (κ1) is 15.5. The van der Waals surface area contributed by atoms with Crippen LogP contribution in [0.2, 0.25) is 0 Å². The SMILES string of the molecule is COCCC(CO)NC(=O)CSCc1cccs1. The van der Waals surface area contributed by atoms with Gasteiger partial charge in [-0.1, -0.05) is 6.07 Å². The Hall–Kier alpha value is -0.560. The molecule has 1 aromatic heterocycles. The van der Waals surface area contributed by atoms with Gasteiger partial charge in [0, 0.05) is 24.3 Å². The normalized spacial score (nSPS) is 12.3. The van der Waals surface area contributed by atoms with Crippen LogP contribution in [0.25, 0.3) is 0 Å². The Morgan fingerprint density at radius 2 is 2.50 bits per heavy atom. The Morgan fingerprint density at radius 3 is 3.11 bits per heavy atom. The van der Waals surface area contributed by atoms with Gasteiger partial charge >= 0.3 is 0 Å². The summed E-state index contributed by atoms with van der Waals surface area (Å²) < 4.78 is 4.92. The number of hydrogen-bond donors (Lipinski definition) is 2. The molecule has 1 amide bonds. The Kier molecular flexibility index (Phi) is 8.08. The second kappa shape index (κ2) is 9.38. The van der Waals surface area contributed by atoms with Crippen molar-refractivity contribution in [2.45, 2.75) is 18.2 Å². The average molecular weight is 289 g/mol. The van der Waals surface area contributed by atoms with Crippen LogP contribution < -0.4 is 5.32 Å². The van der Waals surface area contributed by atoms with Crippen LogP contribution in [0.15, 0.2) is 17.5 Å². The number of hydrogen-bond acceptors (Lipinski definition) is 5. The summed E-state index contributed by atoms with van der Waals surface area (Å²) in [4.78, 5) is 12.9. The highest BCUT2D eigenvalue weighted by Crippen LogP contribution is 2.16. The van der Waals surface area contributed by atoms with Crippen LogP contribution in [0, 0.1) is 0 Å². The topological polar surface area (TPSA) is 58.6 Å². The zero-order valence-electron chi connectivity index (χ0n) is 10.4. The molecule has 6 heteroatoms. The highest BCUT2D eigenvalue weighted by atomic mass is 32.2. The van der Waals surface area contributed by atoms with Gasteiger partial charge in [-0.2, -0.15) is 0 Å². The Morgan fingerprint density at radius 1 is 1.67 bits per heavy atom. The third-order valence-corrected chi connectivity index (χ3v) is 4.35. The number of aliphatic hydroxyl groups excluding tert-OH is 1. The highest BCUT2D eigenvalue weighted by molar-refractivity contribution is 7.99. The van der Waals surface area contributed by atoms with Crippen molar-refractivity contribution in [1.82, 2.24) is 5.32 Å². The molecule has 0 aliphatic heterocycles. The summed E-state index contributed by atoms with van der Waals surface area (Å²) in [5.41, 5.74) is 0. The highest BCUT2D eigenvalue weighted by Gasteiger charge is 2.11. The summed E-state index contributed by atoms with van der Waals surface area (Å²) in [6.45, 7) is 0.485. The van der Waals surface area contributed by atoms with Gasteiger partial charge in [-0.3, -0.25) is 4.79 Å². The molecule has 0 bridgehead atoms. The molecule has 1 unspecified atom stereocenters. The van der Waals surface area contributed by atoms with E-state index in [0.29, 0.717) is 18.8 Å². The van der Waals surface area contributed by atoms with Gasteiger partial charge in [0.25, 0.3) is 0 Å². The fourth-order valence-electron chi connectivity index (χ4n) is 1.38. The molecule has 0 spiro atoms. The summed E-state index contributed by atoms with van der Waals surface area (Å²) in [6, 6.07) is 3.86. The van der Waals surface area contributed by atoms with Crippen LogP contribution in [-0.2, 0) is 15.3 Å². The van der Waals surface area contributed by atoms with Crippen molar-refractivity contribution in [2.75, 3.05) is 26.1 Å². The third kappa shape index (κ3) is 6.39. The van der Waals surface area contributed by atoms with E-state index in [1.807, 2.05) is 11.4 Å². The van der Waals surface area contributed by atoms with Crippen LogP contribution in [0.3, 0.4) is 0 Å². The van der Waals surface area contributed by atoms with E-state index >= 15 is 0 Å². The number of rotatable bonds is 9. The molecular formula is C12H19NO3S2. The standard InChI is InChI=1S/C12H19NO3S2/c1-16-5-4-10(7-14)13-12(15)9-17-8-11-3-2-6-18-11/h2-3,6,10,14H,4-5,7-9H2,1H3,(H,13,15). The third-order valence-electron chi connectivity index (χ3n) is 2.31. The number of methoxy groups -OCH3 is 1. The van der Waals surface area contributed by atoms with Crippen molar-refractivity contribution in [3.63, 3.8) is 0 Å². The van der Waals surface area contributed by atoms with Crippen LogP contribution in [0.1, 0.15) is 11.3 Å². The molecule has 4 nitrogen and oxygen atoms in total. The van der Waals surface area contributed by atoms with Crippen molar-refractivity contribution in [2.24, 2.45) is 0 Å². The minimum atomic E-state index is -0.209. The van der Waals surface area contributed by atoms with Crippen LogP contribution >= 0.6 is 23.1 Å². The number of ether oxygens (including phenoxy) is 1. The molecule has 0 aliphatic rings. The summed E-state index contributed by atoms with van der Waals surface area (Å²) >= 11 is 3.28. The number of carbonyl (C=O) groups is 1. The van der Waals surface area contributed by atoms with E-state index in [2.05, 4.69) is 11.4 Å². The number of thiophene rings is 1. The molecule has 0 aliphatic carbocycles. The number of nitrogens with one attached hydrogen (secondary N) is 1. The lowest BCUT2D eigenvalue weighted by Crippen LogP contribution is -2.39. The summed E-state index contributed by atoms with van der Waals surface area (Å²) in [7, 11) is 1.60. The lowest BCUT2D eigenvalue weighted by Gasteiger charge is -2.15. The van der Waals surface area contributed by atoms with E-state index in [9.17, 15) is 4.79 Å². The fourth-order valence-corrected chi connectivity index (χ4v) is 3.06. The van der Waals surface area contributed by atoms with Crippen molar-refractivity contribution < 1.29 is 14.6 Å². The maximum Gasteiger partial charge on any atom is 0.230 e. The molecular weight excluding hydrogens is 270 g/mol. The fraction of sp³-hybridized carbons (Fsp3) is 0.583. The first-order valence-corrected chi connectivity index (χ1v) is 7.79. The molecule has 0 saturated heterocycles. The summed E-state index contributed by atoms with van der Waals surface area (Å²) in [6.07, 6.45) is 0.633. The molecule has 1 rings (SSSR count). The quantitative estimate of drug-likeness (QED) is 0.723. The number of carbonyl (C=O) groups excluding carboxylic acids is 1. The first-order valence-electron chi connectivity index (χ1n) is 5.75. The number of amides is 1. The van der Waals surface area contributed by atoms with E-state index in [1.165, 1.54) is 4.88 Å². The lowest BCUT2D eigenvalue weighted by molar-refractivity contribution is -0.119. The maximum absolute atomic E-state index is 11.6. The molecule has 18 heavy (non-hydrogen) atoms. The zero-order chi connectivity index (χ0) is 13.2. The molecule has 1 atom stereocenters. The molecule has 0 aromatic carbocycles. The minimum absolute atomic E-state index is 0.0355. The summed E-state index contributed by atoms with van der Waals surface area (Å²) in [5, 5.41) is 13.9. The molecule has 0 radical (unpaired) electrons. The van der Waals surface area contributed by atoms with E-state index in [0.717, 1.165) is 5.75 Å². The molecule has 1 aromatic rings. The van der Waals surface area contributed by atoms with Crippen molar-refractivity contribution >= 4 is 29.0 Å². The maximum atomic E-state index is 11.6.